The molecule has 2 amide bonds. The standard InChI is InChI=1S/C21H23N3O2/c22-19-13-18(19)14-7-9-16(10-8-14)23-21(26)15-4-3-5-17(12-15)24-11-2-1-6-20(24)25/h3-5,7-10,12,18-19H,1-2,6,11,13,22H2,(H,23,26). The first-order valence-corrected chi connectivity index (χ1v) is 9.19. The lowest BCUT2D eigenvalue weighted by atomic mass is 10.1. The molecule has 1 saturated carbocycles. The topological polar surface area (TPSA) is 75.4 Å². The molecule has 1 aliphatic carbocycles. The van der Waals surface area contributed by atoms with Crippen molar-refractivity contribution in [2.45, 2.75) is 37.6 Å². The Hall–Kier alpha value is -2.66. The van der Waals surface area contributed by atoms with Crippen molar-refractivity contribution >= 4 is 23.2 Å². The Kier molecular flexibility index (Phi) is 4.47. The van der Waals surface area contributed by atoms with Crippen molar-refractivity contribution in [1.82, 2.24) is 0 Å². The van der Waals surface area contributed by atoms with E-state index in [0.29, 0.717) is 24.4 Å². The fourth-order valence-corrected chi connectivity index (χ4v) is 3.51. The summed E-state index contributed by atoms with van der Waals surface area (Å²) >= 11 is 0. The van der Waals surface area contributed by atoms with Gasteiger partial charge < -0.3 is 16.0 Å². The van der Waals surface area contributed by atoms with Crippen molar-refractivity contribution in [2.75, 3.05) is 16.8 Å². The largest absolute Gasteiger partial charge is 0.327 e. The van der Waals surface area contributed by atoms with Crippen molar-refractivity contribution in [1.29, 1.82) is 0 Å². The van der Waals surface area contributed by atoms with Gasteiger partial charge in [0.15, 0.2) is 0 Å². The summed E-state index contributed by atoms with van der Waals surface area (Å²) in [6.07, 6.45) is 3.55. The maximum absolute atomic E-state index is 12.6. The van der Waals surface area contributed by atoms with Crippen LogP contribution in [-0.4, -0.2) is 24.4 Å². The number of carbonyl (C=O) groups is 2. The SMILES string of the molecule is NC1CC1c1ccc(NC(=O)c2cccc(N3CCCCC3=O)c2)cc1. The molecule has 26 heavy (non-hydrogen) atoms. The third-order valence-corrected chi connectivity index (χ3v) is 5.18. The second-order valence-electron chi connectivity index (χ2n) is 7.13. The van der Waals surface area contributed by atoms with E-state index in [2.05, 4.69) is 5.32 Å². The van der Waals surface area contributed by atoms with E-state index in [4.69, 9.17) is 5.73 Å². The smallest absolute Gasteiger partial charge is 0.255 e. The summed E-state index contributed by atoms with van der Waals surface area (Å²) < 4.78 is 0. The molecule has 5 heteroatoms. The molecule has 5 nitrogen and oxygen atoms in total. The minimum absolute atomic E-state index is 0.127. The van der Waals surface area contributed by atoms with Crippen LogP contribution >= 0.6 is 0 Å². The van der Waals surface area contributed by atoms with Gasteiger partial charge in [-0.1, -0.05) is 18.2 Å². The maximum atomic E-state index is 12.6. The van der Waals surface area contributed by atoms with Gasteiger partial charge in [0.2, 0.25) is 5.91 Å². The number of nitrogens with one attached hydrogen (secondary N) is 1. The summed E-state index contributed by atoms with van der Waals surface area (Å²) in [5.74, 6) is 0.411. The molecule has 1 heterocycles. The highest BCUT2D eigenvalue weighted by molar-refractivity contribution is 6.05. The van der Waals surface area contributed by atoms with Crippen LogP contribution < -0.4 is 16.0 Å². The number of benzene rings is 2. The lowest BCUT2D eigenvalue weighted by Gasteiger charge is -2.27. The van der Waals surface area contributed by atoms with Crippen LogP contribution in [0.25, 0.3) is 0 Å². The Labute approximate surface area is 153 Å². The van der Waals surface area contributed by atoms with Crippen LogP contribution in [0, 0.1) is 0 Å². The highest BCUT2D eigenvalue weighted by Gasteiger charge is 2.34. The second-order valence-corrected chi connectivity index (χ2v) is 7.13. The first-order chi connectivity index (χ1) is 12.6. The van der Waals surface area contributed by atoms with Gasteiger partial charge in [0.1, 0.15) is 0 Å². The summed E-state index contributed by atoms with van der Waals surface area (Å²) in [6.45, 7) is 0.717. The molecule has 2 unspecified atom stereocenters. The van der Waals surface area contributed by atoms with Crippen LogP contribution in [0.5, 0.6) is 0 Å². The molecule has 4 rings (SSSR count). The molecule has 0 bridgehead atoms. The monoisotopic (exact) mass is 349 g/mol. The van der Waals surface area contributed by atoms with Crippen molar-refractivity contribution in [3.8, 4) is 0 Å². The number of anilines is 2. The molecular weight excluding hydrogens is 326 g/mol. The molecule has 2 fully saturated rings. The van der Waals surface area contributed by atoms with E-state index in [1.165, 1.54) is 5.56 Å². The Morgan fingerprint density at radius 2 is 1.88 bits per heavy atom. The molecule has 0 aromatic heterocycles. The van der Waals surface area contributed by atoms with Crippen LogP contribution in [0.3, 0.4) is 0 Å². The van der Waals surface area contributed by atoms with Crippen LogP contribution in [0.4, 0.5) is 11.4 Å². The highest BCUT2D eigenvalue weighted by atomic mass is 16.2. The van der Waals surface area contributed by atoms with E-state index in [1.807, 2.05) is 36.4 Å². The number of nitrogens with two attached hydrogens (primary N) is 1. The van der Waals surface area contributed by atoms with E-state index in [-0.39, 0.29) is 17.9 Å². The molecule has 0 spiro atoms. The van der Waals surface area contributed by atoms with Crippen LogP contribution in [0.1, 0.15) is 47.5 Å². The van der Waals surface area contributed by atoms with Gasteiger partial charge >= 0.3 is 0 Å². The first kappa shape index (κ1) is 16.8. The third-order valence-electron chi connectivity index (χ3n) is 5.18. The summed E-state index contributed by atoms with van der Waals surface area (Å²) in [6, 6.07) is 15.4. The van der Waals surface area contributed by atoms with Crippen LogP contribution in [-0.2, 0) is 4.79 Å². The minimum Gasteiger partial charge on any atom is -0.327 e. The molecule has 1 aliphatic heterocycles. The Morgan fingerprint density at radius 3 is 2.58 bits per heavy atom. The number of rotatable bonds is 4. The number of hydrogen-bond acceptors (Lipinski definition) is 3. The summed E-state index contributed by atoms with van der Waals surface area (Å²) in [5.41, 5.74) is 9.20. The minimum atomic E-state index is -0.174. The van der Waals surface area contributed by atoms with Crippen LogP contribution in [0.15, 0.2) is 48.5 Å². The third kappa shape index (κ3) is 3.48. The lowest BCUT2D eigenvalue weighted by Crippen LogP contribution is -2.35. The number of amides is 2. The second kappa shape index (κ2) is 6.92. The molecule has 2 aliphatic rings. The van der Waals surface area contributed by atoms with E-state index in [9.17, 15) is 9.59 Å². The molecular formula is C21H23N3O2. The molecule has 0 radical (unpaired) electrons. The zero-order chi connectivity index (χ0) is 18.1. The number of nitrogens with zero attached hydrogens (tertiary/aromatic N) is 1. The molecule has 2 atom stereocenters. The van der Waals surface area contributed by atoms with E-state index in [0.717, 1.165) is 30.6 Å². The molecule has 2 aromatic rings. The molecule has 1 saturated heterocycles. The Morgan fingerprint density at radius 1 is 1.12 bits per heavy atom. The fraction of sp³-hybridized carbons (Fsp3) is 0.333. The van der Waals surface area contributed by atoms with Crippen molar-refractivity contribution in [3.63, 3.8) is 0 Å². The van der Waals surface area contributed by atoms with Gasteiger partial charge in [0.25, 0.3) is 5.91 Å². The quantitative estimate of drug-likeness (QED) is 0.889. The van der Waals surface area contributed by atoms with Gasteiger partial charge in [-0.3, -0.25) is 9.59 Å². The van der Waals surface area contributed by atoms with Gasteiger partial charge in [0, 0.05) is 41.9 Å². The normalized spacial score (nSPS) is 22.2. The van der Waals surface area contributed by atoms with Gasteiger partial charge in [-0.25, -0.2) is 0 Å². The fourth-order valence-electron chi connectivity index (χ4n) is 3.51. The van der Waals surface area contributed by atoms with Gasteiger partial charge in [-0.15, -0.1) is 0 Å². The molecule has 3 N–H and O–H groups in total. The van der Waals surface area contributed by atoms with E-state index in [1.54, 1.807) is 17.0 Å². The Bertz CT molecular complexity index is 831. The number of piperidine rings is 1. The zero-order valence-corrected chi connectivity index (χ0v) is 14.7. The highest BCUT2D eigenvalue weighted by Crippen LogP contribution is 2.39. The number of hydrogen-bond donors (Lipinski definition) is 2. The molecule has 134 valence electrons. The van der Waals surface area contributed by atoms with Gasteiger partial charge in [-0.2, -0.15) is 0 Å². The molecule has 2 aromatic carbocycles. The van der Waals surface area contributed by atoms with Crippen molar-refractivity contribution in [3.05, 3.63) is 59.7 Å². The zero-order valence-electron chi connectivity index (χ0n) is 14.7. The average Bonchev–Trinajstić information content (AvgIpc) is 3.39. The Balaban J connectivity index is 1.46. The van der Waals surface area contributed by atoms with Crippen LogP contribution in [0.2, 0.25) is 0 Å². The maximum Gasteiger partial charge on any atom is 0.255 e. The van der Waals surface area contributed by atoms with Crippen molar-refractivity contribution in [2.24, 2.45) is 5.73 Å². The predicted octanol–water partition coefficient (Wildman–Crippen LogP) is 3.27. The first-order valence-electron chi connectivity index (χ1n) is 9.19. The predicted molar refractivity (Wildman–Crippen MR) is 102 cm³/mol. The van der Waals surface area contributed by atoms with Crippen molar-refractivity contribution < 1.29 is 9.59 Å². The summed E-state index contributed by atoms with van der Waals surface area (Å²) in [5, 5.41) is 2.92. The van der Waals surface area contributed by atoms with E-state index < -0.39 is 0 Å². The van der Waals surface area contributed by atoms with Gasteiger partial charge in [0.05, 0.1) is 0 Å². The summed E-state index contributed by atoms with van der Waals surface area (Å²) in [4.78, 5) is 26.4. The van der Waals surface area contributed by atoms with E-state index >= 15 is 0 Å². The number of carbonyl (C=O) groups excluding carboxylic acids is 2. The lowest BCUT2D eigenvalue weighted by molar-refractivity contribution is -0.119. The van der Waals surface area contributed by atoms with Gasteiger partial charge in [-0.05, 0) is 55.2 Å². The summed E-state index contributed by atoms with van der Waals surface area (Å²) in [7, 11) is 0. The average molecular weight is 349 g/mol.